The zero-order chi connectivity index (χ0) is 11.6. The second-order valence-electron chi connectivity index (χ2n) is 5.43. The molecule has 3 nitrogen and oxygen atoms in total. The summed E-state index contributed by atoms with van der Waals surface area (Å²) in [5.74, 6) is 1.66. The van der Waals surface area contributed by atoms with Crippen molar-refractivity contribution >= 4 is 16.7 Å². The first-order valence-corrected chi connectivity index (χ1v) is 6.95. The molecule has 0 saturated heterocycles. The molecular weight excluding hydrogens is 218 g/mol. The molecule has 1 N–H and O–H groups in total. The molecule has 1 aromatic heterocycles. The Hall–Kier alpha value is -0.640. The van der Waals surface area contributed by atoms with Crippen LogP contribution in [-0.2, 0) is 0 Å². The molecule has 1 heterocycles. The molecule has 0 atom stereocenters. The topological polar surface area (TPSA) is 37.8 Å². The van der Waals surface area contributed by atoms with Crippen LogP contribution in [0.25, 0.3) is 0 Å². The quantitative estimate of drug-likeness (QED) is 0.875. The highest BCUT2D eigenvalue weighted by Gasteiger charge is 2.29. The third-order valence-electron chi connectivity index (χ3n) is 3.47. The first-order chi connectivity index (χ1) is 7.61. The molecule has 0 radical (unpaired) electrons. The number of nitrogens with one attached hydrogen (secondary N) is 1. The van der Waals surface area contributed by atoms with E-state index in [4.69, 9.17) is 0 Å². The van der Waals surface area contributed by atoms with E-state index in [-0.39, 0.29) is 0 Å². The summed E-state index contributed by atoms with van der Waals surface area (Å²) in [5.41, 5.74) is 0.525. The fraction of sp³-hybridized carbons (Fsp3) is 0.833. The van der Waals surface area contributed by atoms with Crippen molar-refractivity contribution in [1.82, 2.24) is 9.36 Å². The molecule has 1 aliphatic carbocycles. The van der Waals surface area contributed by atoms with E-state index in [9.17, 15) is 0 Å². The summed E-state index contributed by atoms with van der Waals surface area (Å²) in [6, 6.07) is 0. The smallest absolute Gasteiger partial charge is 0.202 e. The van der Waals surface area contributed by atoms with Crippen LogP contribution in [0, 0.1) is 5.41 Å². The van der Waals surface area contributed by atoms with Gasteiger partial charge >= 0.3 is 0 Å². The molecule has 16 heavy (non-hydrogen) atoms. The molecule has 1 aromatic rings. The van der Waals surface area contributed by atoms with Crippen LogP contribution in [-0.4, -0.2) is 15.9 Å². The van der Waals surface area contributed by atoms with Crippen molar-refractivity contribution in [2.24, 2.45) is 5.41 Å². The van der Waals surface area contributed by atoms with Gasteiger partial charge in [0.05, 0.1) is 0 Å². The molecule has 4 heteroatoms. The highest BCUT2D eigenvalue weighted by Crippen LogP contribution is 2.41. The second kappa shape index (κ2) is 4.70. The minimum Gasteiger partial charge on any atom is -0.361 e. The van der Waals surface area contributed by atoms with Gasteiger partial charge in [-0.15, -0.1) is 0 Å². The van der Waals surface area contributed by atoms with Crippen molar-refractivity contribution in [1.29, 1.82) is 0 Å². The van der Waals surface area contributed by atoms with Gasteiger partial charge in [0, 0.05) is 24.0 Å². The summed E-state index contributed by atoms with van der Waals surface area (Å²) in [6.07, 6.45) is 5.09. The van der Waals surface area contributed by atoms with Crippen LogP contribution >= 0.6 is 11.5 Å². The lowest BCUT2D eigenvalue weighted by atomic mass is 9.73. The largest absolute Gasteiger partial charge is 0.361 e. The molecular formula is C12H21N3S. The predicted octanol–water partition coefficient (Wildman–Crippen LogP) is 3.65. The molecule has 0 bridgehead atoms. The molecule has 0 spiro atoms. The van der Waals surface area contributed by atoms with Gasteiger partial charge in [-0.3, -0.25) is 0 Å². The highest BCUT2D eigenvalue weighted by atomic mass is 32.1. The molecule has 0 amide bonds. The van der Waals surface area contributed by atoms with Crippen molar-refractivity contribution in [2.45, 2.75) is 52.4 Å². The van der Waals surface area contributed by atoms with Gasteiger partial charge in [0.1, 0.15) is 5.82 Å². The van der Waals surface area contributed by atoms with E-state index in [1.54, 1.807) is 0 Å². The average Bonchev–Trinajstić information content (AvgIpc) is 2.67. The maximum atomic E-state index is 4.57. The van der Waals surface area contributed by atoms with Crippen molar-refractivity contribution < 1.29 is 0 Å². The highest BCUT2D eigenvalue weighted by molar-refractivity contribution is 7.09. The van der Waals surface area contributed by atoms with Gasteiger partial charge in [-0.1, -0.05) is 13.8 Å². The Kier molecular flexibility index (Phi) is 3.47. The van der Waals surface area contributed by atoms with E-state index in [1.807, 2.05) is 0 Å². The number of nitrogens with zero attached hydrogens (tertiary/aromatic N) is 2. The van der Waals surface area contributed by atoms with Crippen LogP contribution in [0.4, 0.5) is 5.13 Å². The molecule has 1 saturated carbocycles. The van der Waals surface area contributed by atoms with Gasteiger partial charge in [0.15, 0.2) is 0 Å². The minimum absolute atomic E-state index is 0.525. The Bertz CT molecular complexity index is 336. The van der Waals surface area contributed by atoms with Gasteiger partial charge in [-0.2, -0.15) is 4.37 Å². The van der Waals surface area contributed by atoms with Crippen LogP contribution in [0.2, 0.25) is 0 Å². The number of hydrogen-bond acceptors (Lipinski definition) is 4. The fourth-order valence-corrected chi connectivity index (χ4v) is 2.99. The van der Waals surface area contributed by atoms with Crippen molar-refractivity contribution in [3.8, 4) is 0 Å². The number of anilines is 1. The Labute approximate surface area is 102 Å². The Morgan fingerprint density at radius 3 is 2.69 bits per heavy atom. The maximum Gasteiger partial charge on any atom is 0.202 e. The predicted molar refractivity (Wildman–Crippen MR) is 69.1 cm³/mol. The Morgan fingerprint density at radius 1 is 1.38 bits per heavy atom. The summed E-state index contributed by atoms with van der Waals surface area (Å²) >= 11 is 1.50. The van der Waals surface area contributed by atoms with E-state index in [2.05, 4.69) is 35.4 Å². The average molecular weight is 239 g/mol. The molecule has 2 rings (SSSR count). The zero-order valence-corrected chi connectivity index (χ0v) is 11.2. The zero-order valence-electron chi connectivity index (χ0n) is 10.4. The Morgan fingerprint density at radius 2 is 2.06 bits per heavy atom. The third kappa shape index (κ3) is 2.73. The Balaban J connectivity index is 1.97. The summed E-state index contributed by atoms with van der Waals surface area (Å²) in [6.45, 7) is 7.74. The lowest BCUT2D eigenvalue weighted by Crippen LogP contribution is -2.20. The molecule has 1 aliphatic rings. The number of hydrogen-bond donors (Lipinski definition) is 1. The SMILES string of the molecule is CCNc1nc(C2CCC(C)(C)CC2)ns1. The first-order valence-electron chi connectivity index (χ1n) is 6.18. The second-order valence-corrected chi connectivity index (χ2v) is 6.18. The fourth-order valence-electron chi connectivity index (χ4n) is 2.28. The lowest BCUT2D eigenvalue weighted by Gasteiger charge is -2.33. The summed E-state index contributed by atoms with van der Waals surface area (Å²) < 4.78 is 4.47. The summed E-state index contributed by atoms with van der Waals surface area (Å²) in [4.78, 5) is 4.57. The summed E-state index contributed by atoms with van der Waals surface area (Å²) in [5, 5.41) is 4.20. The van der Waals surface area contributed by atoms with Crippen LogP contribution < -0.4 is 5.32 Å². The number of aromatic nitrogens is 2. The molecule has 0 aliphatic heterocycles. The van der Waals surface area contributed by atoms with Gasteiger partial charge < -0.3 is 5.32 Å². The van der Waals surface area contributed by atoms with Gasteiger partial charge in [0.25, 0.3) is 0 Å². The standard InChI is InChI=1S/C12H21N3S/c1-4-13-11-14-10(15-16-11)9-5-7-12(2,3)8-6-9/h9H,4-8H2,1-3H3,(H,13,14,15). The normalized spacial score (nSPS) is 20.9. The third-order valence-corrected chi connectivity index (χ3v) is 4.16. The number of rotatable bonds is 3. The molecule has 0 aromatic carbocycles. The molecule has 90 valence electrons. The van der Waals surface area contributed by atoms with E-state index < -0.39 is 0 Å². The van der Waals surface area contributed by atoms with E-state index >= 15 is 0 Å². The van der Waals surface area contributed by atoms with Gasteiger partial charge in [-0.05, 0) is 38.0 Å². The van der Waals surface area contributed by atoms with Crippen molar-refractivity contribution in [3.63, 3.8) is 0 Å². The van der Waals surface area contributed by atoms with Gasteiger partial charge in [-0.25, -0.2) is 4.98 Å². The summed E-state index contributed by atoms with van der Waals surface area (Å²) in [7, 11) is 0. The van der Waals surface area contributed by atoms with E-state index in [1.165, 1.54) is 37.2 Å². The monoisotopic (exact) mass is 239 g/mol. The maximum absolute atomic E-state index is 4.57. The minimum atomic E-state index is 0.525. The van der Waals surface area contributed by atoms with Crippen LogP contribution in [0.5, 0.6) is 0 Å². The lowest BCUT2D eigenvalue weighted by molar-refractivity contribution is 0.221. The van der Waals surface area contributed by atoms with Crippen LogP contribution in [0.3, 0.4) is 0 Å². The molecule has 0 unspecified atom stereocenters. The van der Waals surface area contributed by atoms with E-state index in [0.717, 1.165) is 17.5 Å². The van der Waals surface area contributed by atoms with Crippen molar-refractivity contribution in [3.05, 3.63) is 5.82 Å². The van der Waals surface area contributed by atoms with Crippen molar-refractivity contribution in [2.75, 3.05) is 11.9 Å². The van der Waals surface area contributed by atoms with E-state index in [0.29, 0.717) is 11.3 Å². The van der Waals surface area contributed by atoms with Gasteiger partial charge in [0.2, 0.25) is 5.13 Å². The molecule has 1 fully saturated rings. The first kappa shape index (κ1) is 11.8. The van der Waals surface area contributed by atoms with Crippen LogP contribution in [0.1, 0.15) is 58.2 Å². The van der Waals surface area contributed by atoms with Crippen LogP contribution in [0.15, 0.2) is 0 Å².